The van der Waals surface area contributed by atoms with Gasteiger partial charge in [-0.15, -0.1) is 0 Å². The normalized spacial score (nSPS) is 10.8. The smallest absolute Gasteiger partial charge is 0.131 e. The highest BCUT2D eigenvalue weighted by atomic mass is 79.9. The highest BCUT2D eigenvalue weighted by molar-refractivity contribution is 9.09. The van der Waals surface area contributed by atoms with Gasteiger partial charge in [-0.3, -0.25) is 4.68 Å². The van der Waals surface area contributed by atoms with Gasteiger partial charge in [0.15, 0.2) is 0 Å². The summed E-state index contributed by atoms with van der Waals surface area (Å²) in [4.78, 5) is 0. The molecule has 74 valence electrons. The van der Waals surface area contributed by atoms with E-state index >= 15 is 0 Å². The molecular weight excluding hydrogens is 253 g/mol. The van der Waals surface area contributed by atoms with Crippen molar-refractivity contribution >= 4 is 27.5 Å². The van der Waals surface area contributed by atoms with Crippen molar-refractivity contribution in [2.45, 2.75) is 13.5 Å². The number of alkyl halides is 1. The number of rotatable bonds is 4. The fraction of sp³-hybridized carbons (Fsp3) is 0.625. The zero-order valence-corrected chi connectivity index (χ0v) is 10.1. The Labute approximate surface area is 91.6 Å². The molecule has 0 saturated heterocycles. The molecule has 0 unspecified atom stereocenters. The van der Waals surface area contributed by atoms with E-state index in [0.29, 0.717) is 0 Å². The average molecular weight is 267 g/mol. The quantitative estimate of drug-likeness (QED) is 0.666. The predicted molar refractivity (Wildman–Crippen MR) is 58.5 cm³/mol. The first-order valence-electron chi connectivity index (χ1n) is 4.11. The monoisotopic (exact) mass is 265 g/mol. The zero-order chi connectivity index (χ0) is 9.84. The van der Waals surface area contributed by atoms with Gasteiger partial charge < -0.3 is 5.32 Å². The minimum Gasteiger partial charge on any atom is -0.312 e. The van der Waals surface area contributed by atoms with Crippen LogP contribution in [-0.2, 0) is 13.6 Å². The van der Waals surface area contributed by atoms with E-state index in [0.717, 1.165) is 34.8 Å². The van der Waals surface area contributed by atoms with Crippen molar-refractivity contribution in [3.05, 3.63) is 16.4 Å². The van der Waals surface area contributed by atoms with Gasteiger partial charge in [0, 0.05) is 31.0 Å². The molecule has 1 aromatic rings. The topological polar surface area (TPSA) is 29.9 Å². The first-order chi connectivity index (χ1) is 6.16. The first-order valence-corrected chi connectivity index (χ1v) is 5.61. The maximum atomic E-state index is 6.04. The van der Waals surface area contributed by atoms with E-state index in [1.807, 2.05) is 14.0 Å². The van der Waals surface area contributed by atoms with Crippen LogP contribution in [0.3, 0.4) is 0 Å². The lowest BCUT2D eigenvalue weighted by Crippen LogP contribution is -2.16. The largest absolute Gasteiger partial charge is 0.312 e. The van der Waals surface area contributed by atoms with Gasteiger partial charge in [0.25, 0.3) is 0 Å². The van der Waals surface area contributed by atoms with Crippen molar-refractivity contribution in [1.29, 1.82) is 0 Å². The summed E-state index contributed by atoms with van der Waals surface area (Å²) < 4.78 is 1.70. The minimum absolute atomic E-state index is 0.722. The van der Waals surface area contributed by atoms with Crippen LogP contribution in [0.4, 0.5) is 0 Å². The summed E-state index contributed by atoms with van der Waals surface area (Å²) in [6, 6.07) is 0. The van der Waals surface area contributed by atoms with Crippen molar-refractivity contribution < 1.29 is 0 Å². The number of hydrogen-bond acceptors (Lipinski definition) is 2. The molecule has 1 rings (SSSR count). The Bertz CT molecular complexity index is 285. The van der Waals surface area contributed by atoms with Crippen LogP contribution in [0.15, 0.2) is 0 Å². The lowest BCUT2D eigenvalue weighted by molar-refractivity contribution is 0.729. The first kappa shape index (κ1) is 11.0. The molecule has 1 heterocycles. The zero-order valence-electron chi connectivity index (χ0n) is 7.77. The van der Waals surface area contributed by atoms with Crippen LogP contribution in [-0.4, -0.2) is 21.7 Å². The fourth-order valence-corrected chi connectivity index (χ4v) is 1.68. The summed E-state index contributed by atoms with van der Waals surface area (Å²) in [6.45, 7) is 3.69. The molecule has 0 spiro atoms. The van der Waals surface area contributed by atoms with Crippen molar-refractivity contribution in [3.8, 4) is 0 Å². The molecule has 0 aromatic carbocycles. The Hall–Kier alpha value is -0.0600. The van der Waals surface area contributed by atoms with Crippen LogP contribution in [0.2, 0.25) is 5.15 Å². The number of aromatic nitrogens is 2. The molecule has 0 aliphatic heterocycles. The molecule has 0 atom stereocenters. The molecule has 0 radical (unpaired) electrons. The second-order valence-corrected chi connectivity index (χ2v) is 4.00. The van der Waals surface area contributed by atoms with Gasteiger partial charge >= 0.3 is 0 Å². The second kappa shape index (κ2) is 4.98. The summed E-state index contributed by atoms with van der Waals surface area (Å²) >= 11 is 9.39. The van der Waals surface area contributed by atoms with Gasteiger partial charge in [-0.2, -0.15) is 5.10 Å². The number of halogens is 2. The van der Waals surface area contributed by atoms with Gasteiger partial charge in [0.2, 0.25) is 0 Å². The average Bonchev–Trinajstić information content (AvgIpc) is 2.32. The third kappa shape index (κ3) is 2.69. The molecule has 0 amide bonds. The van der Waals surface area contributed by atoms with Gasteiger partial charge in [-0.1, -0.05) is 27.5 Å². The highest BCUT2D eigenvalue weighted by Crippen LogP contribution is 2.17. The van der Waals surface area contributed by atoms with Gasteiger partial charge in [-0.05, 0) is 6.92 Å². The van der Waals surface area contributed by atoms with E-state index in [9.17, 15) is 0 Å². The summed E-state index contributed by atoms with van der Waals surface area (Å²) in [5.41, 5.74) is 2.08. The van der Waals surface area contributed by atoms with E-state index in [1.165, 1.54) is 0 Å². The third-order valence-electron chi connectivity index (χ3n) is 1.84. The Morgan fingerprint density at radius 2 is 2.31 bits per heavy atom. The summed E-state index contributed by atoms with van der Waals surface area (Å²) in [5.74, 6) is 0. The van der Waals surface area contributed by atoms with E-state index in [-0.39, 0.29) is 0 Å². The van der Waals surface area contributed by atoms with Crippen LogP contribution in [0.1, 0.15) is 11.3 Å². The molecule has 1 N–H and O–H groups in total. The van der Waals surface area contributed by atoms with Crippen LogP contribution in [0.25, 0.3) is 0 Å². The van der Waals surface area contributed by atoms with Crippen LogP contribution >= 0.6 is 27.5 Å². The van der Waals surface area contributed by atoms with E-state index in [4.69, 9.17) is 11.6 Å². The molecule has 0 saturated carbocycles. The fourth-order valence-electron chi connectivity index (χ4n) is 1.15. The van der Waals surface area contributed by atoms with Crippen molar-refractivity contribution in [3.63, 3.8) is 0 Å². The Balaban J connectivity index is 2.64. The molecule has 0 aliphatic rings. The minimum atomic E-state index is 0.722. The van der Waals surface area contributed by atoms with Gasteiger partial charge in [0.1, 0.15) is 5.15 Å². The van der Waals surface area contributed by atoms with Crippen molar-refractivity contribution in [2.24, 2.45) is 7.05 Å². The molecule has 5 heteroatoms. The van der Waals surface area contributed by atoms with Gasteiger partial charge in [0.05, 0.1) is 5.69 Å². The molecule has 0 aliphatic carbocycles. The molecule has 3 nitrogen and oxygen atoms in total. The molecule has 0 bridgehead atoms. The van der Waals surface area contributed by atoms with E-state index in [1.54, 1.807) is 4.68 Å². The third-order valence-corrected chi connectivity index (χ3v) is 2.71. The van der Waals surface area contributed by atoms with Gasteiger partial charge in [-0.25, -0.2) is 0 Å². The summed E-state index contributed by atoms with van der Waals surface area (Å²) in [6.07, 6.45) is 0. The SMILES string of the molecule is Cc1nn(C)c(Cl)c1CNCCBr. The molecule has 13 heavy (non-hydrogen) atoms. The van der Waals surface area contributed by atoms with E-state index < -0.39 is 0 Å². The van der Waals surface area contributed by atoms with Crippen LogP contribution in [0, 0.1) is 6.92 Å². The molecular formula is C8H13BrClN3. The number of nitrogens with zero attached hydrogens (tertiary/aromatic N) is 2. The van der Waals surface area contributed by atoms with Crippen molar-refractivity contribution in [2.75, 3.05) is 11.9 Å². The summed E-state index contributed by atoms with van der Waals surface area (Å²) in [5, 5.41) is 9.15. The number of hydrogen-bond donors (Lipinski definition) is 1. The maximum Gasteiger partial charge on any atom is 0.131 e. The van der Waals surface area contributed by atoms with Crippen LogP contribution < -0.4 is 5.32 Å². The number of aryl methyl sites for hydroxylation is 2. The lowest BCUT2D eigenvalue weighted by atomic mass is 10.2. The standard InChI is InChI=1S/C8H13BrClN3/c1-6-7(5-11-4-3-9)8(10)13(2)12-6/h11H,3-5H2,1-2H3. The summed E-state index contributed by atoms with van der Waals surface area (Å²) in [7, 11) is 1.85. The highest BCUT2D eigenvalue weighted by Gasteiger charge is 2.09. The predicted octanol–water partition coefficient (Wildman–Crippen LogP) is 1.87. The second-order valence-electron chi connectivity index (χ2n) is 2.84. The lowest BCUT2D eigenvalue weighted by Gasteiger charge is -2.01. The Kier molecular flexibility index (Phi) is 4.22. The van der Waals surface area contributed by atoms with Crippen LogP contribution in [0.5, 0.6) is 0 Å². The number of nitrogens with one attached hydrogen (secondary N) is 1. The Morgan fingerprint density at radius 3 is 2.77 bits per heavy atom. The molecule has 1 aromatic heterocycles. The molecule has 0 fully saturated rings. The van der Waals surface area contributed by atoms with Crippen molar-refractivity contribution in [1.82, 2.24) is 15.1 Å². The Morgan fingerprint density at radius 1 is 1.62 bits per heavy atom. The van der Waals surface area contributed by atoms with E-state index in [2.05, 4.69) is 26.3 Å². The maximum absolute atomic E-state index is 6.04.